The van der Waals surface area contributed by atoms with Gasteiger partial charge in [0.2, 0.25) is 0 Å². The summed E-state index contributed by atoms with van der Waals surface area (Å²) < 4.78 is 4.38. The van der Waals surface area contributed by atoms with E-state index in [-0.39, 0.29) is 11.9 Å². The number of aromatic nitrogens is 3. The van der Waals surface area contributed by atoms with Crippen molar-refractivity contribution in [1.29, 1.82) is 0 Å². The standard InChI is InChI=1S/C18H26N4O/c1-11(2)22-13(4)8-16(14(22)5)18(23)20-15-6-7-17-19-12(3)9-21(17)10-15/h8-9,11,15H,6-7,10H2,1-5H3,(H,20,23)/t15-/m0/s1. The minimum Gasteiger partial charge on any atom is -0.347 e. The zero-order chi connectivity index (χ0) is 16.7. The Bertz CT molecular complexity index is 739. The van der Waals surface area contributed by atoms with E-state index < -0.39 is 0 Å². The molecule has 23 heavy (non-hydrogen) atoms. The Morgan fingerprint density at radius 3 is 2.74 bits per heavy atom. The van der Waals surface area contributed by atoms with Crippen LogP contribution in [0.2, 0.25) is 0 Å². The van der Waals surface area contributed by atoms with Gasteiger partial charge < -0.3 is 14.5 Å². The van der Waals surface area contributed by atoms with Crippen LogP contribution in [0, 0.1) is 20.8 Å². The average molecular weight is 314 g/mol. The number of nitrogens with zero attached hydrogens (tertiary/aromatic N) is 3. The van der Waals surface area contributed by atoms with E-state index in [1.165, 1.54) is 0 Å². The molecule has 3 rings (SSSR count). The number of hydrogen-bond acceptors (Lipinski definition) is 2. The molecule has 2 aromatic heterocycles. The predicted octanol–water partition coefficient (Wildman–Crippen LogP) is 2.94. The number of carbonyl (C=O) groups excluding carboxylic acids is 1. The van der Waals surface area contributed by atoms with Crippen LogP contribution in [-0.4, -0.2) is 26.1 Å². The third-order valence-corrected chi connectivity index (χ3v) is 4.69. The molecule has 124 valence electrons. The summed E-state index contributed by atoms with van der Waals surface area (Å²) in [7, 11) is 0. The van der Waals surface area contributed by atoms with Crippen molar-refractivity contribution in [3.63, 3.8) is 0 Å². The number of nitrogens with one attached hydrogen (secondary N) is 1. The summed E-state index contributed by atoms with van der Waals surface area (Å²) in [5.41, 5.74) is 4.03. The first kappa shape index (κ1) is 15.8. The SMILES string of the molecule is Cc1cn2c(n1)CC[C@H](NC(=O)c1cc(C)n(C(C)C)c1C)C2. The molecule has 1 N–H and O–H groups in total. The number of fused-ring (bicyclic) bond motifs is 1. The fourth-order valence-electron chi connectivity index (χ4n) is 3.77. The summed E-state index contributed by atoms with van der Waals surface area (Å²) in [6.07, 6.45) is 3.94. The van der Waals surface area contributed by atoms with Crippen LogP contribution in [0.1, 0.15) is 59.6 Å². The smallest absolute Gasteiger partial charge is 0.253 e. The van der Waals surface area contributed by atoms with Crippen LogP contribution in [0.25, 0.3) is 0 Å². The quantitative estimate of drug-likeness (QED) is 0.947. The van der Waals surface area contributed by atoms with Crippen molar-refractivity contribution >= 4 is 5.91 Å². The summed E-state index contributed by atoms with van der Waals surface area (Å²) in [4.78, 5) is 17.2. The highest BCUT2D eigenvalue weighted by atomic mass is 16.1. The molecule has 3 heterocycles. The molecule has 0 bridgehead atoms. The summed E-state index contributed by atoms with van der Waals surface area (Å²) >= 11 is 0. The van der Waals surface area contributed by atoms with Crippen LogP contribution in [0.4, 0.5) is 0 Å². The Morgan fingerprint density at radius 1 is 1.35 bits per heavy atom. The van der Waals surface area contributed by atoms with Gasteiger partial charge in [-0.2, -0.15) is 0 Å². The predicted molar refractivity (Wildman–Crippen MR) is 90.8 cm³/mol. The van der Waals surface area contributed by atoms with Crippen molar-refractivity contribution in [3.8, 4) is 0 Å². The lowest BCUT2D eigenvalue weighted by Crippen LogP contribution is -2.41. The maximum absolute atomic E-state index is 12.7. The third-order valence-electron chi connectivity index (χ3n) is 4.69. The average Bonchev–Trinajstić information content (AvgIpc) is 2.97. The molecular weight excluding hydrogens is 288 g/mol. The van der Waals surface area contributed by atoms with Gasteiger partial charge in [-0.25, -0.2) is 4.98 Å². The molecule has 5 nitrogen and oxygen atoms in total. The molecule has 0 aromatic carbocycles. The number of amides is 1. The van der Waals surface area contributed by atoms with Gasteiger partial charge in [-0.05, 0) is 47.1 Å². The number of imidazole rings is 1. The Hall–Kier alpha value is -2.04. The van der Waals surface area contributed by atoms with E-state index in [0.29, 0.717) is 6.04 Å². The van der Waals surface area contributed by atoms with Crippen molar-refractivity contribution in [1.82, 2.24) is 19.4 Å². The first-order chi connectivity index (χ1) is 10.9. The number of aryl methyl sites for hydroxylation is 3. The number of rotatable bonds is 3. The van der Waals surface area contributed by atoms with Crippen molar-refractivity contribution in [2.75, 3.05) is 0 Å². The van der Waals surface area contributed by atoms with Gasteiger partial charge in [-0.15, -0.1) is 0 Å². The fraction of sp³-hybridized carbons (Fsp3) is 0.556. The summed E-state index contributed by atoms with van der Waals surface area (Å²) in [6.45, 7) is 11.2. The highest BCUT2D eigenvalue weighted by molar-refractivity contribution is 5.95. The van der Waals surface area contributed by atoms with E-state index in [4.69, 9.17) is 0 Å². The van der Waals surface area contributed by atoms with E-state index in [9.17, 15) is 4.79 Å². The molecule has 0 unspecified atom stereocenters. The summed E-state index contributed by atoms with van der Waals surface area (Å²) in [5, 5.41) is 3.20. The van der Waals surface area contributed by atoms with Crippen molar-refractivity contribution < 1.29 is 4.79 Å². The number of hydrogen-bond donors (Lipinski definition) is 1. The second-order valence-corrected chi connectivity index (χ2v) is 6.91. The van der Waals surface area contributed by atoms with Gasteiger partial charge in [0, 0.05) is 42.6 Å². The van der Waals surface area contributed by atoms with Crippen LogP contribution in [0.15, 0.2) is 12.3 Å². The lowest BCUT2D eigenvalue weighted by atomic mass is 10.1. The monoisotopic (exact) mass is 314 g/mol. The van der Waals surface area contributed by atoms with E-state index in [2.05, 4.69) is 46.4 Å². The first-order valence-electron chi connectivity index (χ1n) is 8.38. The van der Waals surface area contributed by atoms with Gasteiger partial charge in [-0.3, -0.25) is 4.79 Å². The van der Waals surface area contributed by atoms with Gasteiger partial charge in [-0.1, -0.05) is 0 Å². The maximum atomic E-state index is 12.7. The lowest BCUT2D eigenvalue weighted by molar-refractivity contribution is 0.0927. The van der Waals surface area contributed by atoms with E-state index in [1.54, 1.807) is 0 Å². The molecule has 1 amide bonds. The van der Waals surface area contributed by atoms with Gasteiger partial charge in [0.25, 0.3) is 5.91 Å². The van der Waals surface area contributed by atoms with E-state index in [0.717, 1.165) is 47.9 Å². The molecule has 1 aliphatic rings. The highest BCUT2D eigenvalue weighted by Crippen LogP contribution is 2.21. The third kappa shape index (κ3) is 2.92. The van der Waals surface area contributed by atoms with Crippen LogP contribution in [0.5, 0.6) is 0 Å². The van der Waals surface area contributed by atoms with Crippen LogP contribution >= 0.6 is 0 Å². The molecule has 1 atom stereocenters. The number of carbonyl (C=O) groups is 1. The Morgan fingerprint density at radius 2 is 2.09 bits per heavy atom. The largest absolute Gasteiger partial charge is 0.347 e. The zero-order valence-corrected chi connectivity index (χ0v) is 14.7. The molecule has 0 radical (unpaired) electrons. The molecule has 2 aromatic rings. The first-order valence-corrected chi connectivity index (χ1v) is 8.38. The molecular formula is C18H26N4O. The Labute approximate surface area is 137 Å². The minimum absolute atomic E-state index is 0.0373. The molecule has 0 saturated carbocycles. The molecule has 0 saturated heterocycles. The maximum Gasteiger partial charge on any atom is 0.253 e. The van der Waals surface area contributed by atoms with Crippen LogP contribution in [0.3, 0.4) is 0 Å². The van der Waals surface area contributed by atoms with Crippen molar-refractivity contribution in [2.45, 2.75) is 66.1 Å². The van der Waals surface area contributed by atoms with Gasteiger partial charge >= 0.3 is 0 Å². The Balaban J connectivity index is 1.74. The second kappa shape index (κ2) is 5.87. The minimum atomic E-state index is 0.0373. The molecule has 1 aliphatic heterocycles. The fourth-order valence-corrected chi connectivity index (χ4v) is 3.77. The normalized spacial score (nSPS) is 17.4. The van der Waals surface area contributed by atoms with Gasteiger partial charge in [0.15, 0.2) is 0 Å². The van der Waals surface area contributed by atoms with E-state index >= 15 is 0 Å². The van der Waals surface area contributed by atoms with Crippen molar-refractivity contribution in [3.05, 3.63) is 40.7 Å². The molecule has 0 fully saturated rings. The second-order valence-electron chi connectivity index (χ2n) is 6.91. The van der Waals surface area contributed by atoms with E-state index in [1.807, 2.05) is 19.9 Å². The van der Waals surface area contributed by atoms with Gasteiger partial charge in [0.05, 0.1) is 11.3 Å². The van der Waals surface area contributed by atoms with Gasteiger partial charge in [0.1, 0.15) is 5.82 Å². The molecule has 0 aliphatic carbocycles. The lowest BCUT2D eigenvalue weighted by Gasteiger charge is -2.24. The summed E-state index contributed by atoms with van der Waals surface area (Å²) in [5.74, 6) is 1.17. The Kier molecular flexibility index (Phi) is 4.04. The molecule has 5 heteroatoms. The van der Waals surface area contributed by atoms with Crippen LogP contribution in [-0.2, 0) is 13.0 Å². The summed E-state index contributed by atoms with van der Waals surface area (Å²) in [6, 6.07) is 2.54. The molecule has 0 spiro atoms. The highest BCUT2D eigenvalue weighted by Gasteiger charge is 2.23. The topological polar surface area (TPSA) is 51.9 Å². The van der Waals surface area contributed by atoms with Crippen molar-refractivity contribution in [2.24, 2.45) is 0 Å². The van der Waals surface area contributed by atoms with Crippen LogP contribution < -0.4 is 5.32 Å². The zero-order valence-electron chi connectivity index (χ0n) is 14.7.